The second-order valence-electron chi connectivity index (χ2n) is 3.49. The van der Waals surface area contributed by atoms with Crippen LogP contribution in [0.5, 0.6) is 0 Å². The highest BCUT2D eigenvalue weighted by Gasteiger charge is 2.45. The van der Waals surface area contributed by atoms with Crippen molar-refractivity contribution in [2.45, 2.75) is 18.9 Å². The summed E-state index contributed by atoms with van der Waals surface area (Å²) in [7, 11) is 0. The molecule has 0 atom stereocenters. The summed E-state index contributed by atoms with van der Waals surface area (Å²) in [5.74, 6) is 0. The molecule has 0 fully saturated rings. The Morgan fingerprint density at radius 1 is 1.00 bits per heavy atom. The average molecular weight is 254 g/mol. The first-order valence-corrected chi connectivity index (χ1v) is 9.01. The molecule has 1 aromatic rings. The zero-order chi connectivity index (χ0) is 10.1. The van der Waals surface area contributed by atoms with Gasteiger partial charge in [0, 0.05) is 5.04 Å². The van der Waals surface area contributed by atoms with Crippen molar-refractivity contribution < 1.29 is 0 Å². The normalized spacial score (nSPS) is 13.0. The lowest BCUT2D eigenvalue weighted by molar-refractivity contribution is 0.751. The number of rotatable bonds is 2. The molecule has 0 radical (unpaired) electrons. The highest BCUT2D eigenvalue weighted by atomic mass is 35.8. The molecule has 0 heterocycles. The van der Waals surface area contributed by atoms with E-state index in [0.29, 0.717) is 0 Å². The van der Waals surface area contributed by atoms with Gasteiger partial charge in [-0.15, -0.1) is 33.2 Å². The SMILES string of the molecule is CC(C)(c1ccccc1)[Si](Cl)(Cl)Cl. The van der Waals surface area contributed by atoms with E-state index in [-0.39, 0.29) is 5.04 Å². The Balaban J connectivity index is 3.08. The molecule has 0 aliphatic rings. The third kappa shape index (κ3) is 2.41. The molecule has 0 unspecified atom stereocenters. The minimum atomic E-state index is -2.71. The van der Waals surface area contributed by atoms with Gasteiger partial charge in [-0.3, -0.25) is 0 Å². The molecule has 0 aliphatic carbocycles. The second-order valence-corrected chi connectivity index (χ2v) is 12.6. The third-order valence-electron chi connectivity index (χ3n) is 2.20. The molecule has 0 N–H and O–H groups in total. The molecular weight excluding hydrogens is 243 g/mol. The predicted molar refractivity (Wildman–Crippen MR) is 62.8 cm³/mol. The summed E-state index contributed by atoms with van der Waals surface area (Å²) in [6, 6.07) is 7.16. The number of halogens is 3. The van der Waals surface area contributed by atoms with E-state index in [1.54, 1.807) is 0 Å². The van der Waals surface area contributed by atoms with Gasteiger partial charge in [0.05, 0.1) is 0 Å². The van der Waals surface area contributed by atoms with E-state index in [4.69, 9.17) is 33.2 Å². The van der Waals surface area contributed by atoms with E-state index in [1.165, 1.54) is 0 Å². The summed E-state index contributed by atoms with van der Waals surface area (Å²) in [4.78, 5) is 0. The van der Waals surface area contributed by atoms with Gasteiger partial charge in [-0.25, -0.2) is 0 Å². The van der Waals surface area contributed by atoms with Crippen LogP contribution in [0.4, 0.5) is 0 Å². The van der Waals surface area contributed by atoms with Gasteiger partial charge in [-0.2, -0.15) is 0 Å². The lowest BCUT2D eigenvalue weighted by Gasteiger charge is -2.30. The summed E-state index contributed by atoms with van der Waals surface area (Å²) < 4.78 is 0. The first-order valence-electron chi connectivity index (χ1n) is 3.98. The van der Waals surface area contributed by atoms with Crippen molar-refractivity contribution in [2.75, 3.05) is 0 Å². The summed E-state index contributed by atoms with van der Waals surface area (Å²) in [6.45, 7) is 3.95. The van der Waals surface area contributed by atoms with Crippen LogP contribution in [0.2, 0.25) is 0 Å². The van der Waals surface area contributed by atoms with E-state index >= 15 is 0 Å². The van der Waals surface area contributed by atoms with E-state index in [2.05, 4.69) is 0 Å². The van der Waals surface area contributed by atoms with Crippen molar-refractivity contribution in [3.63, 3.8) is 0 Å². The monoisotopic (exact) mass is 252 g/mol. The highest BCUT2D eigenvalue weighted by molar-refractivity contribution is 7.65. The largest absolute Gasteiger partial charge is 0.350 e. The Morgan fingerprint density at radius 2 is 1.46 bits per heavy atom. The number of hydrogen-bond acceptors (Lipinski definition) is 0. The van der Waals surface area contributed by atoms with E-state index in [9.17, 15) is 0 Å². The zero-order valence-corrected chi connectivity index (χ0v) is 10.8. The summed E-state index contributed by atoms with van der Waals surface area (Å²) in [5, 5.41) is -0.334. The fourth-order valence-electron chi connectivity index (χ4n) is 1.02. The molecule has 0 bridgehead atoms. The zero-order valence-electron chi connectivity index (χ0n) is 7.52. The molecule has 0 aromatic heterocycles. The van der Waals surface area contributed by atoms with Crippen molar-refractivity contribution in [3.8, 4) is 0 Å². The summed E-state index contributed by atoms with van der Waals surface area (Å²) in [5.41, 5.74) is 1.08. The van der Waals surface area contributed by atoms with Crippen LogP contribution in [0, 0.1) is 0 Å². The Labute approximate surface area is 93.9 Å². The van der Waals surface area contributed by atoms with Crippen LogP contribution < -0.4 is 0 Å². The molecule has 0 nitrogen and oxygen atoms in total. The van der Waals surface area contributed by atoms with Crippen LogP contribution >= 0.6 is 33.2 Å². The highest BCUT2D eigenvalue weighted by Crippen LogP contribution is 2.41. The first kappa shape index (κ1) is 11.4. The molecule has 1 aromatic carbocycles. The summed E-state index contributed by atoms with van der Waals surface area (Å²) >= 11 is 18.1. The predicted octanol–water partition coefficient (Wildman–Crippen LogP) is 4.16. The molecule has 0 saturated heterocycles. The molecule has 72 valence electrons. The second kappa shape index (κ2) is 3.82. The van der Waals surface area contributed by atoms with Crippen LogP contribution in [0.3, 0.4) is 0 Å². The van der Waals surface area contributed by atoms with Gasteiger partial charge in [0.25, 0.3) is 0 Å². The Hall–Kier alpha value is 0.307. The Morgan fingerprint density at radius 3 is 1.85 bits per heavy atom. The van der Waals surface area contributed by atoms with E-state index in [0.717, 1.165) is 5.56 Å². The molecule has 0 aliphatic heterocycles. The Bertz CT molecular complexity index is 277. The smallest absolute Gasteiger partial charge is 0.125 e. The maximum absolute atomic E-state index is 6.03. The molecule has 4 heteroatoms. The fourth-order valence-corrected chi connectivity index (χ4v) is 2.49. The lowest BCUT2D eigenvalue weighted by Crippen LogP contribution is -2.38. The van der Waals surface area contributed by atoms with Crippen molar-refractivity contribution >= 4 is 39.2 Å². The van der Waals surface area contributed by atoms with Crippen LogP contribution in [-0.2, 0) is 5.04 Å². The van der Waals surface area contributed by atoms with Gasteiger partial charge in [0.1, 0.15) is 0 Å². The molecule has 0 saturated carbocycles. The van der Waals surface area contributed by atoms with Gasteiger partial charge >= 0.3 is 6.00 Å². The van der Waals surface area contributed by atoms with E-state index in [1.807, 2.05) is 44.2 Å². The van der Waals surface area contributed by atoms with Gasteiger partial charge in [0.15, 0.2) is 0 Å². The van der Waals surface area contributed by atoms with E-state index < -0.39 is 6.00 Å². The molecule has 13 heavy (non-hydrogen) atoms. The topological polar surface area (TPSA) is 0 Å². The first-order chi connectivity index (χ1) is 5.86. The third-order valence-corrected chi connectivity index (χ3v) is 8.16. The number of hydrogen-bond donors (Lipinski definition) is 0. The van der Waals surface area contributed by atoms with Gasteiger partial charge in [-0.1, -0.05) is 44.2 Å². The van der Waals surface area contributed by atoms with Crippen LogP contribution in [-0.4, -0.2) is 6.00 Å². The molecule has 0 amide bonds. The quantitative estimate of drug-likeness (QED) is 0.548. The minimum Gasteiger partial charge on any atom is -0.125 e. The standard InChI is InChI=1S/C9H11Cl3Si/c1-9(2,13(10,11)12)8-6-4-3-5-7-8/h3-7H,1-2H3. The maximum atomic E-state index is 6.03. The van der Waals surface area contributed by atoms with Crippen LogP contribution in [0.1, 0.15) is 19.4 Å². The van der Waals surface area contributed by atoms with Gasteiger partial charge in [-0.05, 0) is 5.56 Å². The number of benzene rings is 1. The minimum absolute atomic E-state index is 0.334. The Kier molecular flexibility index (Phi) is 3.34. The van der Waals surface area contributed by atoms with Crippen molar-refractivity contribution in [1.29, 1.82) is 0 Å². The van der Waals surface area contributed by atoms with Crippen molar-refractivity contribution in [3.05, 3.63) is 35.9 Å². The lowest BCUT2D eigenvalue weighted by atomic mass is 10.0. The average Bonchev–Trinajstić information content (AvgIpc) is 2.04. The summed E-state index contributed by atoms with van der Waals surface area (Å²) in [6.07, 6.45) is 0. The molecule has 1 rings (SSSR count). The fraction of sp³-hybridized carbons (Fsp3) is 0.333. The van der Waals surface area contributed by atoms with Crippen LogP contribution in [0.25, 0.3) is 0 Å². The van der Waals surface area contributed by atoms with Gasteiger partial charge < -0.3 is 0 Å². The van der Waals surface area contributed by atoms with Crippen LogP contribution in [0.15, 0.2) is 30.3 Å². The molecular formula is C9H11Cl3Si. The molecule has 0 spiro atoms. The van der Waals surface area contributed by atoms with Gasteiger partial charge in [0.2, 0.25) is 0 Å². The van der Waals surface area contributed by atoms with Crippen molar-refractivity contribution in [1.82, 2.24) is 0 Å². The van der Waals surface area contributed by atoms with Crippen molar-refractivity contribution in [2.24, 2.45) is 0 Å². The maximum Gasteiger partial charge on any atom is 0.350 e.